The second kappa shape index (κ2) is 19.1. The normalized spacial score (nSPS) is 38.5. The molecule has 5 rings (SSSR count). The van der Waals surface area contributed by atoms with Crippen molar-refractivity contribution in [1.29, 1.82) is 0 Å². The van der Waals surface area contributed by atoms with E-state index in [4.69, 9.17) is 4.74 Å². The minimum absolute atomic E-state index is 0.0294. The first-order valence-corrected chi connectivity index (χ1v) is 22.5. The van der Waals surface area contributed by atoms with Crippen LogP contribution < -0.4 is 0 Å². The van der Waals surface area contributed by atoms with Crippen LogP contribution in [0.15, 0.2) is 23.8 Å². The Kier molecular flexibility index (Phi) is 15.4. The van der Waals surface area contributed by atoms with Crippen LogP contribution in [0.1, 0.15) is 183 Å². The van der Waals surface area contributed by atoms with Gasteiger partial charge in [-0.15, -0.1) is 0 Å². The fourth-order valence-corrected chi connectivity index (χ4v) is 12.7. The van der Waals surface area contributed by atoms with Gasteiger partial charge in [0.1, 0.15) is 6.10 Å². The summed E-state index contributed by atoms with van der Waals surface area (Å²) in [6.45, 7) is 14.7. The van der Waals surface area contributed by atoms with Crippen molar-refractivity contribution in [2.75, 3.05) is 0 Å². The van der Waals surface area contributed by atoms with Crippen molar-refractivity contribution >= 4 is 5.97 Å². The molecule has 0 aromatic heterocycles. The summed E-state index contributed by atoms with van der Waals surface area (Å²) in [5, 5.41) is 31.5. The lowest BCUT2D eigenvalue weighted by molar-refractivity contribution is -0.151. The lowest BCUT2D eigenvalue weighted by Gasteiger charge is -2.58. The Morgan fingerprint density at radius 3 is 2.46 bits per heavy atom. The van der Waals surface area contributed by atoms with E-state index in [1.807, 2.05) is 12.2 Å². The van der Waals surface area contributed by atoms with E-state index in [1.54, 1.807) is 5.57 Å². The van der Waals surface area contributed by atoms with Gasteiger partial charge in [0.2, 0.25) is 0 Å². The first-order valence-electron chi connectivity index (χ1n) is 22.5. The summed E-state index contributed by atoms with van der Waals surface area (Å²) in [4.78, 5) is 13.0. The summed E-state index contributed by atoms with van der Waals surface area (Å²) in [5.41, 5.74) is 2.39. The van der Waals surface area contributed by atoms with Crippen LogP contribution in [-0.4, -0.2) is 45.7 Å². The van der Waals surface area contributed by atoms with Gasteiger partial charge in [-0.2, -0.15) is 0 Å². The monoisotopic (exact) mass is 725 g/mol. The Bertz CT molecular complexity index is 1180. The number of allylic oxidation sites excluding steroid dienone is 1. The maximum Gasteiger partial charge on any atom is 0.306 e. The molecule has 0 amide bonds. The molecule has 5 heteroatoms. The fourth-order valence-electron chi connectivity index (χ4n) is 12.7. The quantitative estimate of drug-likeness (QED) is 0.0701. The number of aliphatic hydroxyl groups excluding tert-OH is 3. The van der Waals surface area contributed by atoms with E-state index in [1.165, 1.54) is 51.4 Å². The predicted molar refractivity (Wildman–Crippen MR) is 214 cm³/mol. The van der Waals surface area contributed by atoms with E-state index in [9.17, 15) is 20.1 Å². The molecule has 0 aromatic carbocycles. The molecule has 52 heavy (non-hydrogen) atoms. The highest BCUT2D eigenvalue weighted by atomic mass is 16.5. The van der Waals surface area contributed by atoms with Gasteiger partial charge in [0, 0.05) is 25.2 Å². The smallest absolute Gasteiger partial charge is 0.306 e. The van der Waals surface area contributed by atoms with Crippen molar-refractivity contribution < 1.29 is 24.9 Å². The van der Waals surface area contributed by atoms with Crippen LogP contribution in [-0.2, 0) is 9.53 Å². The SMILES string of the molecule is CCCCC[C@H](O)/C=C/[C@@H]1[C@@H](CCCCCCC(=O)O[C@H]2CC[C@@]3(C)C(=CC[C@H]4[C@@H]5CC[C@H]([C@H](C)CCCC(C)C)[C@@]5(C)CC[C@@H]43)C2)[C@@H](O)C[C@H]1O. The second-order valence-electron chi connectivity index (χ2n) is 19.7. The van der Waals surface area contributed by atoms with Gasteiger partial charge < -0.3 is 20.1 Å². The summed E-state index contributed by atoms with van der Waals surface area (Å²) >= 11 is 0. The number of hydrogen-bond acceptors (Lipinski definition) is 5. The molecule has 3 N–H and O–H groups in total. The van der Waals surface area contributed by atoms with Crippen LogP contribution in [0.2, 0.25) is 0 Å². The molecule has 5 aliphatic carbocycles. The van der Waals surface area contributed by atoms with E-state index in [0.717, 1.165) is 113 Å². The predicted octanol–water partition coefficient (Wildman–Crippen LogP) is 11.1. The number of hydrogen-bond donors (Lipinski definition) is 3. The summed E-state index contributed by atoms with van der Waals surface area (Å²) in [6.07, 6.45) is 28.7. The number of rotatable bonds is 19. The van der Waals surface area contributed by atoms with Crippen molar-refractivity contribution in [2.45, 2.75) is 207 Å². The molecular weight excluding hydrogens is 645 g/mol. The average Bonchev–Trinajstić information content (AvgIpc) is 3.59. The van der Waals surface area contributed by atoms with Gasteiger partial charge in [-0.3, -0.25) is 4.79 Å². The van der Waals surface area contributed by atoms with Crippen molar-refractivity contribution in [1.82, 2.24) is 0 Å². The van der Waals surface area contributed by atoms with Crippen LogP contribution in [0, 0.1) is 58.2 Å². The molecule has 0 heterocycles. The molecular formula is C47H80O5. The molecule has 0 radical (unpaired) electrons. The maximum absolute atomic E-state index is 13.0. The van der Waals surface area contributed by atoms with Gasteiger partial charge in [0.05, 0.1) is 18.3 Å². The third-order valence-corrected chi connectivity index (χ3v) is 15.8. The standard InChI is InChI=1S/C47H80O5/c1-7-8-11-17-35(48)21-23-38-37(43(49)31-44(38)50)18-12-9-10-13-19-45(51)52-36-26-28-46(5)34(30-36)20-22-39-41-25-24-40(33(4)16-14-15-32(2)3)47(41,6)29-27-42(39)46/h20-21,23,32-33,35-44,48-50H,7-19,22,24-31H2,1-6H3/b23-21+/t33-,35+,36+,37-,38-,39+,40-,41+,42+,43+,44-,46+,47-/m1/s1. The van der Waals surface area contributed by atoms with E-state index < -0.39 is 18.3 Å². The Balaban J connectivity index is 1.02. The zero-order valence-corrected chi connectivity index (χ0v) is 34.4. The van der Waals surface area contributed by atoms with Crippen molar-refractivity contribution in [3.63, 3.8) is 0 Å². The van der Waals surface area contributed by atoms with Gasteiger partial charge in [-0.05, 0) is 116 Å². The van der Waals surface area contributed by atoms with Crippen LogP contribution in [0.25, 0.3) is 0 Å². The summed E-state index contributed by atoms with van der Waals surface area (Å²) in [6, 6.07) is 0. The number of carbonyl (C=O) groups is 1. The Morgan fingerprint density at radius 1 is 0.904 bits per heavy atom. The second-order valence-corrected chi connectivity index (χ2v) is 19.7. The molecule has 5 nitrogen and oxygen atoms in total. The van der Waals surface area contributed by atoms with Crippen molar-refractivity contribution in [3.8, 4) is 0 Å². The molecule has 0 aliphatic heterocycles. The van der Waals surface area contributed by atoms with Crippen molar-refractivity contribution in [2.24, 2.45) is 58.2 Å². The lowest BCUT2D eigenvalue weighted by atomic mass is 9.47. The molecule has 4 fully saturated rings. The number of fused-ring (bicyclic) bond motifs is 5. The molecule has 0 unspecified atom stereocenters. The van der Waals surface area contributed by atoms with Crippen LogP contribution in [0.5, 0.6) is 0 Å². The highest BCUT2D eigenvalue weighted by molar-refractivity contribution is 5.69. The molecule has 13 atom stereocenters. The van der Waals surface area contributed by atoms with Crippen molar-refractivity contribution in [3.05, 3.63) is 23.8 Å². The fraction of sp³-hybridized carbons (Fsp3) is 0.894. The number of unbranched alkanes of at least 4 members (excludes halogenated alkanes) is 5. The minimum Gasteiger partial charge on any atom is -0.462 e. The highest BCUT2D eigenvalue weighted by Gasteiger charge is 2.59. The topological polar surface area (TPSA) is 87.0 Å². The average molecular weight is 725 g/mol. The lowest BCUT2D eigenvalue weighted by Crippen LogP contribution is -2.51. The van der Waals surface area contributed by atoms with E-state index in [0.29, 0.717) is 18.3 Å². The molecule has 4 saturated carbocycles. The largest absolute Gasteiger partial charge is 0.462 e. The molecule has 0 saturated heterocycles. The van der Waals surface area contributed by atoms with E-state index in [-0.39, 0.29) is 29.3 Å². The van der Waals surface area contributed by atoms with Gasteiger partial charge in [-0.1, -0.05) is 123 Å². The minimum atomic E-state index is -0.547. The van der Waals surface area contributed by atoms with Gasteiger partial charge >= 0.3 is 5.97 Å². The molecule has 0 aromatic rings. The Morgan fingerprint density at radius 2 is 1.69 bits per heavy atom. The number of aliphatic hydroxyl groups is 3. The van der Waals surface area contributed by atoms with E-state index >= 15 is 0 Å². The molecule has 0 bridgehead atoms. The van der Waals surface area contributed by atoms with E-state index in [2.05, 4.69) is 47.6 Å². The van der Waals surface area contributed by atoms with Crippen LogP contribution in [0.4, 0.5) is 0 Å². The summed E-state index contributed by atoms with van der Waals surface area (Å²) in [7, 11) is 0. The zero-order chi connectivity index (χ0) is 37.5. The molecule has 5 aliphatic rings. The third kappa shape index (κ3) is 9.97. The van der Waals surface area contributed by atoms with Crippen LogP contribution >= 0.6 is 0 Å². The Hall–Kier alpha value is -1.17. The van der Waals surface area contributed by atoms with Gasteiger partial charge in [-0.25, -0.2) is 0 Å². The van der Waals surface area contributed by atoms with Gasteiger partial charge in [0.15, 0.2) is 0 Å². The highest BCUT2D eigenvalue weighted by Crippen LogP contribution is 2.67. The summed E-state index contributed by atoms with van der Waals surface area (Å²) in [5.74, 6) is 4.96. The number of ether oxygens (including phenoxy) is 1. The van der Waals surface area contributed by atoms with Gasteiger partial charge in [0.25, 0.3) is 0 Å². The summed E-state index contributed by atoms with van der Waals surface area (Å²) < 4.78 is 6.13. The maximum atomic E-state index is 13.0. The number of esters is 1. The number of carbonyl (C=O) groups excluding carboxylic acids is 1. The van der Waals surface area contributed by atoms with Crippen LogP contribution in [0.3, 0.4) is 0 Å². The Labute approximate surface area is 319 Å². The third-order valence-electron chi connectivity index (χ3n) is 15.8. The molecule has 298 valence electrons. The molecule has 0 spiro atoms. The first-order chi connectivity index (χ1) is 24.9. The zero-order valence-electron chi connectivity index (χ0n) is 34.4. The first kappa shape index (κ1) is 42.0.